The SMILES string of the molecule is CC(C)(C)OC[C@H](NCc1cc(Cl)c(Cn2ncc3c(-c4cccc(-c5ccc(C=O)cc5)c4Cl)cccc32)cc1OCc1cncc(C#N)c1)C(=O)OC(C)(C)C. The Labute approximate surface area is 348 Å². The topological polar surface area (TPSA) is 128 Å². The highest BCUT2D eigenvalue weighted by atomic mass is 35.5. The van der Waals surface area contributed by atoms with Crippen LogP contribution >= 0.6 is 23.2 Å². The lowest BCUT2D eigenvalue weighted by Gasteiger charge is -2.27. The normalized spacial score (nSPS) is 12.3. The molecule has 58 heavy (non-hydrogen) atoms. The molecule has 6 aromatic rings. The van der Waals surface area contributed by atoms with Crippen molar-refractivity contribution in [1.29, 1.82) is 5.26 Å². The molecule has 2 heterocycles. The molecule has 0 aliphatic rings. The van der Waals surface area contributed by atoms with E-state index in [9.17, 15) is 14.9 Å². The van der Waals surface area contributed by atoms with Crippen LogP contribution in [0.2, 0.25) is 10.0 Å². The molecule has 12 heteroatoms. The number of halogens is 2. The summed E-state index contributed by atoms with van der Waals surface area (Å²) < 4.78 is 20.0. The van der Waals surface area contributed by atoms with Crippen LogP contribution in [-0.2, 0) is 34.0 Å². The molecule has 0 fully saturated rings. The van der Waals surface area contributed by atoms with Gasteiger partial charge in [-0.05, 0) is 82.5 Å². The number of benzene rings is 4. The molecule has 0 amide bonds. The summed E-state index contributed by atoms with van der Waals surface area (Å²) >= 11 is 14.1. The number of rotatable bonds is 14. The molecule has 4 aromatic carbocycles. The first-order chi connectivity index (χ1) is 27.6. The Balaban J connectivity index is 1.32. The summed E-state index contributed by atoms with van der Waals surface area (Å²) in [6.45, 7) is 12.0. The van der Waals surface area contributed by atoms with E-state index in [0.717, 1.165) is 45.0 Å². The van der Waals surface area contributed by atoms with Gasteiger partial charge in [-0.1, -0.05) is 77.8 Å². The summed E-state index contributed by atoms with van der Waals surface area (Å²) in [6.07, 6.45) is 5.78. The lowest BCUT2D eigenvalue weighted by atomic mass is 9.96. The van der Waals surface area contributed by atoms with Gasteiger partial charge in [-0.3, -0.25) is 24.6 Å². The third kappa shape index (κ3) is 10.5. The first kappa shape index (κ1) is 42.0. The first-order valence-electron chi connectivity index (χ1n) is 18.8. The Bertz CT molecular complexity index is 2480. The fraction of sp³-hybridized carbons (Fsp3) is 0.283. The summed E-state index contributed by atoms with van der Waals surface area (Å²) in [4.78, 5) is 28.7. The number of aldehydes is 1. The number of esters is 1. The van der Waals surface area contributed by atoms with E-state index in [4.69, 9.17) is 42.5 Å². The van der Waals surface area contributed by atoms with Gasteiger partial charge >= 0.3 is 5.97 Å². The number of pyridine rings is 1. The molecule has 2 aromatic heterocycles. The Kier molecular flexibility index (Phi) is 13.0. The van der Waals surface area contributed by atoms with Crippen LogP contribution in [0, 0.1) is 11.3 Å². The number of ether oxygens (including phenoxy) is 3. The zero-order valence-electron chi connectivity index (χ0n) is 33.3. The van der Waals surface area contributed by atoms with Gasteiger partial charge in [0.25, 0.3) is 0 Å². The first-order valence-corrected chi connectivity index (χ1v) is 19.6. The number of nitriles is 1. The van der Waals surface area contributed by atoms with Gasteiger partial charge < -0.3 is 14.2 Å². The summed E-state index contributed by atoms with van der Waals surface area (Å²) in [5, 5.41) is 19.5. The molecule has 1 atom stereocenters. The zero-order chi connectivity index (χ0) is 41.6. The number of carbonyl (C=O) groups excluding carboxylic acids is 2. The molecule has 0 spiro atoms. The number of hydrogen-bond acceptors (Lipinski definition) is 9. The molecule has 0 radical (unpaired) electrons. The van der Waals surface area contributed by atoms with Crippen LogP contribution in [0.1, 0.15) is 74.2 Å². The Hall–Kier alpha value is -5.57. The Morgan fingerprint density at radius 3 is 2.33 bits per heavy atom. The van der Waals surface area contributed by atoms with E-state index in [2.05, 4.69) is 16.4 Å². The Morgan fingerprint density at radius 2 is 1.62 bits per heavy atom. The molecule has 298 valence electrons. The van der Waals surface area contributed by atoms with Crippen molar-refractivity contribution in [3.05, 3.63) is 135 Å². The monoisotopic (exact) mass is 817 g/mol. The summed E-state index contributed by atoms with van der Waals surface area (Å²) in [6, 6.07) is 26.0. The van der Waals surface area contributed by atoms with Crippen molar-refractivity contribution in [3.8, 4) is 34.1 Å². The molecule has 0 saturated carbocycles. The van der Waals surface area contributed by atoms with E-state index < -0.39 is 23.2 Å². The van der Waals surface area contributed by atoms with Crippen molar-refractivity contribution >= 4 is 46.4 Å². The second-order valence-corrected chi connectivity index (χ2v) is 16.7. The minimum absolute atomic E-state index is 0.0887. The maximum Gasteiger partial charge on any atom is 0.326 e. The van der Waals surface area contributed by atoms with E-state index in [1.54, 1.807) is 24.4 Å². The molecule has 0 saturated heterocycles. The van der Waals surface area contributed by atoms with Gasteiger partial charge in [0.05, 0.1) is 41.1 Å². The van der Waals surface area contributed by atoms with Gasteiger partial charge in [0.2, 0.25) is 0 Å². The van der Waals surface area contributed by atoms with Crippen molar-refractivity contribution < 1.29 is 23.8 Å². The van der Waals surface area contributed by atoms with Crippen molar-refractivity contribution in [2.75, 3.05) is 6.61 Å². The van der Waals surface area contributed by atoms with Crippen LogP contribution in [0.5, 0.6) is 5.75 Å². The standard InChI is InChI=1S/C46H45Cl2N5O5/c1-45(2,3)57-28-40(44(55)58-46(4,5)6)51-23-33-18-39(47)34(19-42(33)56-27-31-17-30(20-49)21-50-22-31)25-53-41-12-8-10-36(38(41)24-52-53)37-11-7-9-35(43(37)48)32-15-13-29(26-54)14-16-32/h7-19,21-22,24,26,40,51H,23,25,27-28H2,1-6H3/t40-/m0/s1. The molecular weight excluding hydrogens is 773 g/mol. The van der Waals surface area contributed by atoms with E-state index in [0.29, 0.717) is 44.6 Å². The number of hydrogen-bond donors (Lipinski definition) is 1. The summed E-state index contributed by atoms with van der Waals surface area (Å²) in [7, 11) is 0. The second-order valence-electron chi connectivity index (χ2n) is 15.9. The van der Waals surface area contributed by atoms with Crippen molar-refractivity contribution in [1.82, 2.24) is 20.1 Å². The molecular formula is C46H45Cl2N5O5. The fourth-order valence-electron chi connectivity index (χ4n) is 6.30. The van der Waals surface area contributed by atoms with Crippen molar-refractivity contribution in [2.45, 2.75) is 78.5 Å². The van der Waals surface area contributed by atoms with Gasteiger partial charge in [0.1, 0.15) is 36.4 Å². The number of fused-ring (bicyclic) bond motifs is 1. The van der Waals surface area contributed by atoms with Crippen LogP contribution in [0.15, 0.2) is 97.5 Å². The largest absolute Gasteiger partial charge is 0.489 e. The van der Waals surface area contributed by atoms with Gasteiger partial charge in [-0.15, -0.1) is 0 Å². The van der Waals surface area contributed by atoms with Gasteiger partial charge in [-0.2, -0.15) is 10.4 Å². The van der Waals surface area contributed by atoms with E-state index in [1.165, 1.54) is 6.20 Å². The molecule has 6 rings (SSSR count). The average molecular weight is 819 g/mol. The minimum Gasteiger partial charge on any atom is -0.489 e. The molecule has 1 N–H and O–H groups in total. The van der Waals surface area contributed by atoms with Crippen LogP contribution in [-0.4, -0.2) is 50.9 Å². The van der Waals surface area contributed by atoms with Gasteiger partial charge in [0.15, 0.2) is 0 Å². The van der Waals surface area contributed by atoms with E-state index >= 15 is 0 Å². The summed E-state index contributed by atoms with van der Waals surface area (Å²) in [5.74, 6) is 0.0865. The van der Waals surface area contributed by atoms with Crippen molar-refractivity contribution in [2.24, 2.45) is 0 Å². The highest BCUT2D eigenvalue weighted by Crippen LogP contribution is 2.39. The minimum atomic E-state index is -0.775. The third-order valence-electron chi connectivity index (χ3n) is 9.12. The molecule has 0 unspecified atom stereocenters. The van der Waals surface area contributed by atoms with Crippen LogP contribution < -0.4 is 10.1 Å². The number of aromatic nitrogens is 3. The van der Waals surface area contributed by atoms with Crippen LogP contribution in [0.4, 0.5) is 0 Å². The zero-order valence-corrected chi connectivity index (χ0v) is 34.8. The molecule has 0 bridgehead atoms. The lowest BCUT2D eigenvalue weighted by molar-refractivity contribution is -0.160. The number of nitrogens with zero attached hydrogens (tertiary/aromatic N) is 4. The van der Waals surface area contributed by atoms with E-state index in [1.807, 2.05) is 113 Å². The maximum atomic E-state index is 13.3. The maximum absolute atomic E-state index is 13.3. The van der Waals surface area contributed by atoms with Crippen LogP contribution in [0.25, 0.3) is 33.2 Å². The van der Waals surface area contributed by atoms with Gasteiger partial charge in [-0.25, -0.2) is 0 Å². The van der Waals surface area contributed by atoms with Crippen molar-refractivity contribution in [3.63, 3.8) is 0 Å². The predicted octanol–water partition coefficient (Wildman–Crippen LogP) is 10.00. The number of carbonyl (C=O) groups is 2. The predicted molar refractivity (Wildman–Crippen MR) is 227 cm³/mol. The highest BCUT2D eigenvalue weighted by Gasteiger charge is 2.28. The quantitative estimate of drug-likeness (QED) is 0.0844. The van der Waals surface area contributed by atoms with Crippen LogP contribution in [0.3, 0.4) is 0 Å². The molecule has 0 aliphatic carbocycles. The average Bonchev–Trinajstić information content (AvgIpc) is 3.60. The second kappa shape index (κ2) is 17.9. The smallest absolute Gasteiger partial charge is 0.326 e. The molecule has 0 aliphatic heterocycles. The van der Waals surface area contributed by atoms with E-state index in [-0.39, 0.29) is 19.8 Å². The third-order valence-corrected chi connectivity index (χ3v) is 9.87. The Morgan fingerprint density at radius 1 is 0.897 bits per heavy atom. The summed E-state index contributed by atoms with van der Waals surface area (Å²) in [5.41, 5.74) is 6.39. The van der Waals surface area contributed by atoms with Gasteiger partial charge in [0, 0.05) is 57.2 Å². The molecule has 10 nitrogen and oxygen atoms in total. The highest BCUT2D eigenvalue weighted by molar-refractivity contribution is 6.36. The lowest BCUT2D eigenvalue weighted by Crippen LogP contribution is -2.45. The fourth-order valence-corrected chi connectivity index (χ4v) is 6.88. The number of nitrogens with one attached hydrogen (secondary N) is 1.